The Morgan fingerprint density at radius 3 is 2.77 bits per heavy atom. The molecule has 9 heteroatoms. The molecule has 2 N–H and O–H groups in total. The van der Waals surface area contributed by atoms with Crippen molar-refractivity contribution in [3.8, 4) is 17.1 Å². The molecule has 0 bridgehead atoms. The van der Waals surface area contributed by atoms with Crippen molar-refractivity contribution in [2.24, 2.45) is 0 Å². The number of carbonyl (C=O) groups excluding carboxylic acids is 1. The van der Waals surface area contributed by atoms with E-state index in [4.69, 9.17) is 4.74 Å². The van der Waals surface area contributed by atoms with Gasteiger partial charge in [0, 0.05) is 36.1 Å². The molecular weight excluding hydrogens is 389 g/mol. The molecular formula is C21H22FN5O3. The number of aliphatic hydroxyl groups is 1. The molecule has 0 fully saturated rings. The predicted octanol–water partition coefficient (Wildman–Crippen LogP) is 2.50. The number of ether oxygens (including phenoxy) is 1. The van der Waals surface area contributed by atoms with Crippen LogP contribution in [-0.2, 0) is 6.42 Å². The van der Waals surface area contributed by atoms with Crippen LogP contribution >= 0.6 is 0 Å². The monoisotopic (exact) mass is 411 g/mol. The van der Waals surface area contributed by atoms with Gasteiger partial charge in [0.1, 0.15) is 5.69 Å². The Morgan fingerprint density at radius 1 is 1.23 bits per heavy atom. The highest BCUT2D eigenvalue weighted by molar-refractivity contribution is 5.92. The maximum absolute atomic E-state index is 13.9. The second kappa shape index (κ2) is 9.84. The Bertz CT molecular complexity index is 1010. The van der Waals surface area contributed by atoms with Crippen LogP contribution in [0.2, 0.25) is 0 Å². The lowest BCUT2D eigenvalue weighted by atomic mass is 10.1. The molecule has 3 rings (SSSR count). The molecule has 1 unspecified atom stereocenters. The van der Waals surface area contributed by atoms with Gasteiger partial charge in [0.2, 0.25) is 11.8 Å². The first-order valence-corrected chi connectivity index (χ1v) is 9.49. The molecule has 30 heavy (non-hydrogen) atoms. The van der Waals surface area contributed by atoms with E-state index < -0.39 is 18.0 Å². The highest BCUT2D eigenvalue weighted by Crippen LogP contribution is 2.18. The van der Waals surface area contributed by atoms with Crippen LogP contribution in [0.15, 0.2) is 43.0 Å². The summed E-state index contributed by atoms with van der Waals surface area (Å²) in [6.45, 7) is 4.15. The molecule has 0 radical (unpaired) electrons. The summed E-state index contributed by atoms with van der Waals surface area (Å²) in [5, 5.41) is 12.3. The second-order valence-electron chi connectivity index (χ2n) is 6.51. The lowest BCUT2D eigenvalue weighted by Crippen LogP contribution is -2.27. The molecule has 0 saturated heterocycles. The maximum atomic E-state index is 13.9. The van der Waals surface area contributed by atoms with Crippen molar-refractivity contribution in [3.63, 3.8) is 0 Å². The maximum Gasteiger partial charge on any atom is 0.271 e. The summed E-state index contributed by atoms with van der Waals surface area (Å²) in [6.07, 6.45) is 5.26. The third-order valence-corrected chi connectivity index (χ3v) is 4.29. The molecule has 0 aliphatic rings. The summed E-state index contributed by atoms with van der Waals surface area (Å²) in [6, 6.07) is 5.05. The van der Waals surface area contributed by atoms with Gasteiger partial charge in [-0.2, -0.15) is 4.39 Å². The van der Waals surface area contributed by atoms with Gasteiger partial charge in [0.05, 0.1) is 30.8 Å². The van der Waals surface area contributed by atoms with Crippen molar-refractivity contribution in [1.82, 2.24) is 25.3 Å². The van der Waals surface area contributed by atoms with E-state index in [9.17, 15) is 14.3 Å². The largest absolute Gasteiger partial charge is 0.478 e. The van der Waals surface area contributed by atoms with E-state index in [1.807, 2.05) is 6.92 Å². The Morgan fingerprint density at radius 2 is 2.07 bits per heavy atom. The third-order valence-electron chi connectivity index (χ3n) is 4.29. The van der Waals surface area contributed by atoms with Crippen LogP contribution < -0.4 is 10.1 Å². The second-order valence-corrected chi connectivity index (χ2v) is 6.51. The summed E-state index contributed by atoms with van der Waals surface area (Å²) in [5.41, 5.74) is 2.16. The van der Waals surface area contributed by atoms with Gasteiger partial charge < -0.3 is 15.2 Å². The average molecular weight is 411 g/mol. The number of aromatic nitrogens is 4. The molecule has 3 aromatic heterocycles. The number of carbonyl (C=O) groups is 1. The molecule has 1 atom stereocenters. The number of amides is 1. The summed E-state index contributed by atoms with van der Waals surface area (Å²) < 4.78 is 19.2. The number of hydrogen-bond donors (Lipinski definition) is 2. The minimum Gasteiger partial charge on any atom is -0.478 e. The minimum absolute atomic E-state index is 0.137. The van der Waals surface area contributed by atoms with E-state index in [0.717, 1.165) is 0 Å². The van der Waals surface area contributed by atoms with E-state index in [1.54, 1.807) is 31.3 Å². The first kappa shape index (κ1) is 21.3. The number of rotatable bonds is 8. The standard InChI is InChI=1S/C21H22FN5O3/c1-3-30-19-5-4-15(9-25-19)17-11-23-12-18(27-17)21(29)24-7-6-14-8-16(13(2)28)10-26-20(14)22/h4-5,8-13,28H,3,6-7H2,1-2H3,(H,24,29). The van der Waals surface area contributed by atoms with Crippen LogP contribution in [0, 0.1) is 5.95 Å². The Labute approximate surface area is 173 Å². The number of nitrogens with zero attached hydrogens (tertiary/aromatic N) is 4. The molecule has 0 saturated carbocycles. The van der Waals surface area contributed by atoms with E-state index in [2.05, 4.69) is 25.3 Å². The van der Waals surface area contributed by atoms with Crippen molar-refractivity contribution < 1.29 is 19.0 Å². The summed E-state index contributed by atoms with van der Waals surface area (Å²) >= 11 is 0. The summed E-state index contributed by atoms with van der Waals surface area (Å²) in [7, 11) is 0. The van der Waals surface area contributed by atoms with Gasteiger partial charge in [-0.15, -0.1) is 0 Å². The van der Waals surface area contributed by atoms with Crippen LogP contribution in [0.5, 0.6) is 5.88 Å². The fourth-order valence-electron chi connectivity index (χ4n) is 2.70. The van der Waals surface area contributed by atoms with Gasteiger partial charge in [-0.1, -0.05) is 0 Å². The highest BCUT2D eigenvalue weighted by atomic mass is 19.1. The molecule has 3 aromatic rings. The Kier molecular flexibility index (Phi) is 6.97. The minimum atomic E-state index is -0.749. The van der Waals surface area contributed by atoms with E-state index in [-0.39, 0.29) is 18.7 Å². The Hall–Kier alpha value is -3.46. The van der Waals surface area contributed by atoms with Crippen molar-refractivity contribution in [2.75, 3.05) is 13.2 Å². The lowest BCUT2D eigenvalue weighted by molar-refractivity contribution is 0.0948. The molecule has 3 heterocycles. The van der Waals surface area contributed by atoms with E-state index >= 15 is 0 Å². The smallest absolute Gasteiger partial charge is 0.271 e. The zero-order valence-corrected chi connectivity index (χ0v) is 16.7. The lowest BCUT2D eigenvalue weighted by Gasteiger charge is -2.09. The van der Waals surface area contributed by atoms with Crippen LogP contribution in [-0.4, -0.2) is 44.1 Å². The topological polar surface area (TPSA) is 110 Å². The van der Waals surface area contributed by atoms with Crippen molar-refractivity contribution >= 4 is 5.91 Å². The quantitative estimate of drug-likeness (QED) is 0.548. The SMILES string of the molecule is CCOc1ccc(-c2cncc(C(=O)NCCc3cc(C(C)O)cnc3F)n2)cn1. The van der Waals surface area contributed by atoms with Crippen molar-refractivity contribution in [2.45, 2.75) is 26.4 Å². The first-order valence-electron chi connectivity index (χ1n) is 9.49. The highest BCUT2D eigenvalue weighted by Gasteiger charge is 2.12. The van der Waals surface area contributed by atoms with Crippen LogP contribution in [0.3, 0.4) is 0 Å². The van der Waals surface area contributed by atoms with E-state index in [1.165, 1.54) is 18.6 Å². The normalized spacial score (nSPS) is 11.7. The average Bonchev–Trinajstić information content (AvgIpc) is 2.75. The molecule has 8 nitrogen and oxygen atoms in total. The van der Waals surface area contributed by atoms with Crippen LogP contribution in [0.25, 0.3) is 11.3 Å². The summed E-state index contributed by atoms with van der Waals surface area (Å²) in [4.78, 5) is 28.6. The predicted molar refractivity (Wildman–Crippen MR) is 107 cm³/mol. The van der Waals surface area contributed by atoms with Gasteiger partial charge in [0.15, 0.2) is 0 Å². The first-order chi connectivity index (χ1) is 14.5. The number of halogens is 1. The van der Waals surface area contributed by atoms with E-state index in [0.29, 0.717) is 34.9 Å². The molecule has 1 amide bonds. The molecule has 0 aliphatic heterocycles. The number of pyridine rings is 2. The number of aliphatic hydroxyl groups excluding tert-OH is 1. The number of nitrogens with one attached hydrogen (secondary N) is 1. The zero-order valence-electron chi connectivity index (χ0n) is 16.7. The molecule has 156 valence electrons. The molecule has 0 spiro atoms. The van der Waals surface area contributed by atoms with Gasteiger partial charge in [-0.25, -0.2) is 15.0 Å². The summed E-state index contributed by atoms with van der Waals surface area (Å²) in [5.74, 6) is -0.550. The van der Waals surface area contributed by atoms with Gasteiger partial charge >= 0.3 is 0 Å². The van der Waals surface area contributed by atoms with Gasteiger partial charge in [-0.05, 0) is 38.0 Å². The fraction of sp³-hybridized carbons (Fsp3) is 0.286. The third kappa shape index (κ3) is 5.32. The number of hydrogen-bond acceptors (Lipinski definition) is 7. The molecule has 0 aromatic carbocycles. The van der Waals surface area contributed by atoms with Crippen LogP contribution in [0.4, 0.5) is 4.39 Å². The molecule has 0 aliphatic carbocycles. The zero-order chi connectivity index (χ0) is 21.5. The Balaban J connectivity index is 1.64. The van der Waals surface area contributed by atoms with Gasteiger partial charge in [0.25, 0.3) is 5.91 Å². The van der Waals surface area contributed by atoms with Gasteiger partial charge in [-0.3, -0.25) is 9.78 Å². The van der Waals surface area contributed by atoms with Crippen LogP contribution in [0.1, 0.15) is 41.6 Å². The fourth-order valence-corrected chi connectivity index (χ4v) is 2.70. The van der Waals surface area contributed by atoms with Crippen molar-refractivity contribution in [1.29, 1.82) is 0 Å². The van der Waals surface area contributed by atoms with Crippen molar-refractivity contribution in [3.05, 3.63) is 65.8 Å².